The third-order valence-electron chi connectivity index (χ3n) is 4.59. The molecule has 0 saturated heterocycles. The maximum absolute atomic E-state index is 13.3. The van der Waals surface area contributed by atoms with Crippen molar-refractivity contribution in [2.75, 3.05) is 5.32 Å². The van der Waals surface area contributed by atoms with E-state index in [2.05, 4.69) is 5.32 Å². The van der Waals surface area contributed by atoms with Gasteiger partial charge in [0.15, 0.2) is 0 Å². The van der Waals surface area contributed by atoms with Gasteiger partial charge >= 0.3 is 0 Å². The van der Waals surface area contributed by atoms with Crippen molar-refractivity contribution in [1.82, 2.24) is 4.57 Å². The third kappa shape index (κ3) is 3.70. The van der Waals surface area contributed by atoms with E-state index in [1.54, 1.807) is 45.0 Å². The number of anilines is 1. The number of carbonyl (C=O) groups excluding carboxylic acids is 1. The lowest BCUT2D eigenvalue weighted by Gasteiger charge is -2.15. The molecule has 1 heterocycles. The highest BCUT2D eigenvalue weighted by molar-refractivity contribution is 7.91. The van der Waals surface area contributed by atoms with Crippen molar-refractivity contribution in [3.05, 3.63) is 41.1 Å². The number of aromatic nitrogens is 1. The van der Waals surface area contributed by atoms with Crippen molar-refractivity contribution in [2.45, 2.75) is 64.3 Å². The number of nitrogens with one attached hydrogen (secondary N) is 1. The van der Waals surface area contributed by atoms with Crippen molar-refractivity contribution in [2.24, 2.45) is 5.92 Å². The maximum atomic E-state index is 13.3. The van der Waals surface area contributed by atoms with Gasteiger partial charge < -0.3 is 9.88 Å². The molecule has 1 aromatic carbocycles. The average Bonchev–Trinajstić information content (AvgIpc) is 2.80. The second-order valence-electron chi connectivity index (χ2n) is 7.00. The molecule has 0 saturated carbocycles. The molecular weight excluding hydrogens is 348 g/mol. The van der Waals surface area contributed by atoms with Crippen molar-refractivity contribution < 1.29 is 13.2 Å². The molecule has 26 heavy (non-hydrogen) atoms. The monoisotopic (exact) mass is 376 g/mol. The normalized spacial score (nSPS) is 11.8. The lowest BCUT2D eigenvalue weighted by Crippen LogP contribution is -2.22. The van der Waals surface area contributed by atoms with Crippen LogP contribution in [-0.4, -0.2) is 18.9 Å². The molecule has 0 atom stereocenters. The molecule has 0 radical (unpaired) electrons. The van der Waals surface area contributed by atoms with E-state index in [-0.39, 0.29) is 21.6 Å². The number of hydrogen-bond donors (Lipinski definition) is 1. The minimum Gasteiger partial charge on any atom is -0.331 e. The summed E-state index contributed by atoms with van der Waals surface area (Å²) in [6, 6.07) is 6.80. The summed E-state index contributed by atoms with van der Waals surface area (Å²) in [5.74, 6) is -0.0585. The molecule has 1 N–H and O–H groups in total. The quantitative estimate of drug-likeness (QED) is 0.819. The summed E-state index contributed by atoms with van der Waals surface area (Å²) in [6.45, 7) is 11.9. The van der Waals surface area contributed by atoms with Gasteiger partial charge in [-0.3, -0.25) is 4.79 Å². The molecule has 0 unspecified atom stereocenters. The first-order chi connectivity index (χ1) is 12.1. The Bertz CT molecular complexity index is 908. The number of amides is 1. The second-order valence-corrected chi connectivity index (χ2v) is 8.89. The molecule has 5 nitrogen and oxygen atoms in total. The highest BCUT2D eigenvalue weighted by Gasteiger charge is 2.30. The highest BCUT2D eigenvalue weighted by atomic mass is 32.2. The summed E-state index contributed by atoms with van der Waals surface area (Å²) in [4.78, 5) is 12.8. The van der Waals surface area contributed by atoms with Crippen molar-refractivity contribution in [3.8, 4) is 0 Å². The molecule has 2 aromatic rings. The fourth-order valence-electron chi connectivity index (χ4n) is 2.89. The van der Waals surface area contributed by atoms with Crippen LogP contribution in [0.3, 0.4) is 0 Å². The lowest BCUT2D eigenvalue weighted by molar-refractivity contribution is -0.118. The van der Waals surface area contributed by atoms with E-state index in [9.17, 15) is 13.2 Å². The van der Waals surface area contributed by atoms with E-state index in [0.29, 0.717) is 17.9 Å². The van der Waals surface area contributed by atoms with Gasteiger partial charge in [-0.2, -0.15) is 0 Å². The fourth-order valence-corrected chi connectivity index (χ4v) is 4.58. The zero-order chi connectivity index (χ0) is 19.6. The Morgan fingerprint density at radius 1 is 1.12 bits per heavy atom. The first-order valence-corrected chi connectivity index (χ1v) is 10.4. The summed E-state index contributed by atoms with van der Waals surface area (Å²) in [5, 5.41) is 2.86. The first kappa shape index (κ1) is 20.2. The van der Waals surface area contributed by atoms with E-state index >= 15 is 0 Å². The molecule has 1 amide bonds. The fraction of sp³-hybridized carbons (Fsp3) is 0.450. The molecule has 0 bridgehead atoms. The first-order valence-electron chi connectivity index (χ1n) is 8.93. The van der Waals surface area contributed by atoms with Gasteiger partial charge in [-0.15, -0.1) is 0 Å². The number of sulfone groups is 1. The van der Waals surface area contributed by atoms with Gasteiger partial charge in [0.1, 0.15) is 10.7 Å². The second kappa shape index (κ2) is 7.66. The van der Waals surface area contributed by atoms with Crippen molar-refractivity contribution in [1.29, 1.82) is 0 Å². The Labute approximate surface area is 156 Å². The highest BCUT2D eigenvalue weighted by Crippen LogP contribution is 2.35. The van der Waals surface area contributed by atoms with Crippen LogP contribution in [0.2, 0.25) is 0 Å². The van der Waals surface area contributed by atoms with Gasteiger partial charge in [0.25, 0.3) is 0 Å². The maximum Gasteiger partial charge on any atom is 0.228 e. The summed E-state index contributed by atoms with van der Waals surface area (Å²) in [6.07, 6.45) is 0.837. The topological polar surface area (TPSA) is 68.2 Å². The van der Waals surface area contributed by atoms with Gasteiger partial charge in [0.2, 0.25) is 15.7 Å². The van der Waals surface area contributed by atoms with Crippen molar-refractivity contribution in [3.63, 3.8) is 0 Å². The number of hydrogen-bond acceptors (Lipinski definition) is 3. The minimum absolute atomic E-state index is 0.194. The number of benzene rings is 1. The van der Waals surface area contributed by atoms with Crippen LogP contribution in [0.1, 0.15) is 44.0 Å². The Hall–Kier alpha value is -2.08. The van der Waals surface area contributed by atoms with Crippen LogP contribution in [0.5, 0.6) is 0 Å². The summed E-state index contributed by atoms with van der Waals surface area (Å²) >= 11 is 0. The van der Waals surface area contributed by atoms with Gasteiger partial charge in [0.05, 0.1) is 4.90 Å². The average molecular weight is 377 g/mol. The largest absolute Gasteiger partial charge is 0.331 e. The Morgan fingerprint density at radius 3 is 2.19 bits per heavy atom. The molecule has 142 valence electrons. The van der Waals surface area contributed by atoms with Crippen LogP contribution < -0.4 is 5.32 Å². The van der Waals surface area contributed by atoms with Gasteiger partial charge in [-0.1, -0.05) is 38.5 Å². The third-order valence-corrected chi connectivity index (χ3v) is 6.52. The molecular formula is C20H28N2O3S. The summed E-state index contributed by atoms with van der Waals surface area (Å²) in [7, 11) is -3.74. The Balaban J connectivity index is 2.72. The minimum atomic E-state index is -3.74. The number of carbonyl (C=O) groups is 1. The lowest BCUT2D eigenvalue weighted by atomic mass is 10.2. The molecule has 0 aliphatic heterocycles. The van der Waals surface area contributed by atoms with Gasteiger partial charge in [-0.25, -0.2) is 8.42 Å². The van der Waals surface area contributed by atoms with Crippen LogP contribution >= 0.6 is 0 Å². The number of aryl methyl sites for hydroxylation is 1. The van der Waals surface area contributed by atoms with Crippen molar-refractivity contribution >= 4 is 21.6 Å². The molecule has 6 heteroatoms. The Morgan fingerprint density at radius 2 is 1.69 bits per heavy atom. The molecule has 0 aliphatic rings. The molecule has 0 spiro atoms. The predicted molar refractivity (Wildman–Crippen MR) is 104 cm³/mol. The van der Waals surface area contributed by atoms with Gasteiger partial charge in [0, 0.05) is 18.2 Å². The van der Waals surface area contributed by atoms with E-state index in [1.165, 1.54) is 0 Å². The van der Waals surface area contributed by atoms with Crippen LogP contribution in [0.15, 0.2) is 34.1 Å². The standard InChI is InChI=1S/C20H28N2O3S/c1-7-12-22-16(6)15(5)18(19(22)21-20(23)13(2)3)26(24,25)17-10-8-14(4)9-11-17/h8-11,13H,7,12H2,1-6H3,(H,21,23). The van der Waals surface area contributed by atoms with Crippen LogP contribution in [0.4, 0.5) is 5.82 Å². The van der Waals surface area contributed by atoms with Crippen LogP contribution in [0.25, 0.3) is 0 Å². The van der Waals surface area contributed by atoms with E-state index in [0.717, 1.165) is 17.7 Å². The van der Waals surface area contributed by atoms with Gasteiger partial charge in [-0.05, 0) is 44.9 Å². The zero-order valence-corrected chi connectivity index (χ0v) is 17.2. The molecule has 1 aromatic heterocycles. The SMILES string of the molecule is CCCn1c(C)c(C)c(S(=O)(=O)c2ccc(C)cc2)c1NC(=O)C(C)C. The van der Waals surface area contributed by atoms with Crippen LogP contribution in [-0.2, 0) is 21.2 Å². The molecule has 0 aliphatic carbocycles. The van der Waals surface area contributed by atoms with E-state index in [4.69, 9.17) is 0 Å². The molecule has 2 rings (SSSR count). The van der Waals surface area contributed by atoms with Crippen LogP contribution in [0, 0.1) is 26.7 Å². The van der Waals surface area contributed by atoms with E-state index < -0.39 is 9.84 Å². The number of nitrogens with zero attached hydrogens (tertiary/aromatic N) is 1. The number of rotatable bonds is 6. The Kier molecular flexibility index (Phi) is 5.96. The zero-order valence-electron chi connectivity index (χ0n) is 16.4. The van der Waals surface area contributed by atoms with E-state index in [1.807, 2.05) is 25.3 Å². The smallest absolute Gasteiger partial charge is 0.228 e. The summed E-state index contributed by atoms with van der Waals surface area (Å²) < 4.78 is 28.6. The predicted octanol–water partition coefficient (Wildman–Crippen LogP) is 4.25. The molecule has 0 fully saturated rings. The summed E-state index contributed by atoms with van der Waals surface area (Å²) in [5.41, 5.74) is 2.53.